The predicted molar refractivity (Wildman–Crippen MR) is 116 cm³/mol. The van der Waals surface area contributed by atoms with Gasteiger partial charge in [0.1, 0.15) is 17.2 Å². The summed E-state index contributed by atoms with van der Waals surface area (Å²) in [4.78, 5) is 12.7. The number of anilines is 1. The number of nitrogens with zero attached hydrogens (tertiary/aromatic N) is 1. The van der Waals surface area contributed by atoms with E-state index in [1.165, 1.54) is 7.11 Å². The molecule has 0 radical (unpaired) electrons. The van der Waals surface area contributed by atoms with Crippen LogP contribution in [0.1, 0.15) is 37.0 Å². The molecule has 1 N–H and O–H groups in total. The predicted octanol–water partition coefficient (Wildman–Crippen LogP) is 3.73. The van der Waals surface area contributed by atoms with E-state index in [0.29, 0.717) is 5.69 Å². The summed E-state index contributed by atoms with van der Waals surface area (Å²) in [6.07, 6.45) is 0.758. The highest BCUT2D eigenvalue weighted by Gasteiger charge is 2.30. The minimum Gasteiger partial charge on any atom is -0.495 e. The van der Waals surface area contributed by atoms with Gasteiger partial charge in [0.2, 0.25) is 5.91 Å². The lowest BCUT2D eigenvalue weighted by Crippen LogP contribution is -2.43. The van der Waals surface area contributed by atoms with Crippen molar-refractivity contribution in [3.63, 3.8) is 0 Å². The molecule has 0 spiro atoms. The molecule has 1 atom stereocenters. The molecule has 2 aromatic carbocycles. The summed E-state index contributed by atoms with van der Waals surface area (Å²) < 4.78 is 33.7. The fraction of sp³-hybridized carbons (Fsp3) is 0.409. The van der Waals surface area contributed by atoms with Crippen LogP contribution in [0.2, 0.25) is 0 Å². The fourth-order valence-corrected chi connectivity index (χ4v) is 4.71. The molecule has 2 aromatic rings. The average molecular weight is 419 g/mol. The molecule has 2 rings (SSSR count). The van der Waals surface area contributed by atoms with E-state index in [2.05, 4.69) is 5.32 Å². The fourth-order valence-electron chi connectivity index (χ4n) is 3.07. The van der Waals surface area contributed by atoms with Crippen LogP contribution in [0, 0.1) is 20.8 Å². The van der Waals surface area contributed by atoms with E-state index in [1.54, 1.807) is 30.3 Å². The Balaban J connectivity index is 2.59. The highest BCUT2D eigenvalue weighted by Crippen LogP contribution is 2.31. The Labute approximate surface area is 173 Å². The smallest absolute Gasteiger partial charge is 0.268 e. The number of nitrogens with one attached hydrogen (secondary N) is 1. The van der Waals surface area contributed by atoms with Gasteiger partial charge in [0.25, 0.3) is 10.0 Å². The van der Waals surface area contributed by atoms with Crippen molar-refractivity contribution in [3.05, 3.63) is 53.1 Å². The number of aryl methyl sites for hydroxylation is 3. The Bertz CT molecular complexity index is 966. The number of hydrogen-bond acceptors (Lipinski definition) is 4. The number of rotatable bonds is 8. The molecule has 6 nitrogen and oxygen atoms in total. The van der Waals surface area contributed by atoms with E-state index in [9.17, 15) is 13.2 Å². The molecule has 0 unspecified atom stereocenters. The molecule has 7 heteroatoms. The minimum absolute atomic E-state index is 0.0375. The summed E-state index contributed by atoms with van der Waals surface area (Å²) in [5.41, 5.74) is 3.07. The number of ether oxygens (including phenoxy) is 1. The maximum atomic E-state index is 13.6. The molecule has 0 aliphatic rings. The summed E-state index contributed by atoms with van der Waals surface area (Å²) >= 11 is 0. The lowest BCUT2D eigenvalue weighted by molar-refractivity contribution is -0.120. The van der Waals surface area contributed by atoms with E-state index < -0.39 is 10.0 Å². The summed E-state index contributed by atoms with van der Waals surface area (Å²) in [7, 11) is -2.61. The monoisotopic (exact) mass is 418 g/mol. The van der Waals surface area contributed by atoms with Crippen molar-refractivity contribution in [3.8, 4) is 5.75 Å². The number of sulfonamides is 1. The van der Waals surface area contributed by atoms with Crippen LogP contribution in [0.25, 0.3) is 0 Å². The van der Waals surface area contributed by atoms with Crippen LogP contribution in [0.4, 0.5) is 5.69 Å². The summed E-state index contributed by atoms with van der Waals surface area (Å²) in [5.74, 6) is -0.110. The molecule has 29 heavy (non-hydrogen) atoms. The van der Waals surface area contributed by atoms with Gasteiger partial charge in [-0.3, -0.25) is 9.10 Å². The van der Waals surface area contributed by atoms with Crippen LogP contribution < -0.4 is 14.4 Å². The molecule has 0 aliphatic carbocycles. The van der Waals surface area contributed by atoms with Gasteiger partial charge in [-0.05, 0) is 75.1 Å². The van der Waals surface area contributed by atoms with Crippen molar-refractivity contribution in [2.75, 3.05) is 18.0 Å². The highest BCUT2D eigenvalue weighted by atomic mass is 32.2. The zero-order valence-electron chi connectivity index (χ0n) is 17.9. The van der Waals surface area contributed by atoms with Crippen molar-refractivity contribution >= 4 is 21.6 Å². The van der Waals surface area contributed by atoms with Gasteiger partial charge in [0, 0.05) is 6.04 Å². The van der Waals surface area contributed by atoms with Crippen molar-refractivity contribution in [2.45, 2.75) is 52.0 Å². The Hall–Kier alpha value is -2.54. The second-order valence-electron chi connectivity index (χ2n) is 7.39. The number of methoxy groups -OCH3 is 1. The summed E-state index contributed by atoms with van der Waals surface area (Å²) in [6.45, 7) is 9.14. The molecule has 0 saturated carbocycles. The second-order valence-corrected chi connectivity index (χ2v) is 9.22. The average Bonchev–Trinajstić information content (AvgIpc) is 2.65. The first-order chi connectivity index (χ1) is 13.6. The van der Waals surface area contributed by atoms with E-state index in [1.807, 2.05) is 40.7 Å². The number of benzene rings is 2. The quantitative estimate of drug-likeness (QED) is 0.709. The zero-order valence-corrected chi connectivity index (χ0v) is 18.8. The van der Waals surface area contributed by atoms with Crippen LogP contribution in [0.5, 0.6) is 5.75 Å². The van der Waals surface area contributed by atoms with Gasteiger partial charge in [-0.2, -0.15) is 0 Å². The summed E-state index contributed by atoms with van der Waals surface area (Å²) in [5, 5.41) is 2.85. The lowest BCUT2D eigenvalue weighted by Gasteiger charge is -2.26. The van der Waals surface area contributed by atoms with Gasteiger partial charge in [-0.1, -0.05) is 19.1 Å². The molecule has 0 aliphatic heterocycles. The Morgan fingerprint density at radius 1 is 1.07 bits per heavy atom. The molecular weight excluding hydrogens is 388 g/mol. The third kappa shape index (κ3) is 5.50. The van der Waals surface area contributed by atoms with E-state index in [-0.39, 0.29) is 29.1 Å². The summed E-state index contributed by atoms with van der Waals surface area (Å²) in [6, 6.07) is 10.4. The second kappa shape index (κ2) is 9.31. The van der Waals surface area contributed by atoms with Gasteiger partial charge in [-0.15, -0.1) is 0 Å². The molecular formula is C22H30N2O4S. The van der Waals surface area contributed by atoms with Crippen LogP contribution in [-0.2, 0) is 14.8 Å². The van der Waals surface area contributed by atoms with Crippen molar-refractivity contribution in [2.24, 2.45) is 0 Å². The van der Waals surface area contributed by atoms with Crippen LogP contribution >= 0.6 is 0 Å². The SMILES string of the molecule is CC[C@H](C)NC(=O)CN(c1cc(C)cc(C)c1)S(=O)(=O)c1cc(C)ccc1OC. The van der Waals surface area contributed by atoms with E-state index >= 15 is 0 Å². The van der Waals surface area contributed by atoms with Crippen LogP contribution in [0.15, 0.2) is 41.3 Å². The van der Waals surface area contributed by atoms with E-state index in [0.717, 1.165) is 27.4 Å². The van der Waals surface area contributed by atoms with Crippen LogP contribution in [-0.4, -0.2) is 34.0 Å². The maximum Gasteiger partial charge on any atom is 0.268 e. The topological polar surface area (TPSA) is 75.7 Å². The van der Waals surface area contributed by atoms with Gasteiger partial charge in [0.05, 0.1) is 12.8 Å². The van der Waals surface area contributed by atoms with Crippen molar-refractivity contribution in [1.82, 2.24) is 5.32 Å². The Kier molecular flexibility index (Phi) is 7.30. The Morgan fingerprint density at radius 3 is 2.24 bits per heavy atom. The largest absolute Gasteiger partial charge is 0.495 e. The highest BCUT2D eigenvalue weighted by molar-refractivity contribution is 7.93. The maximum absolute atomic E-state index is 13.6. The Morgan fingerprint density at radius 2 is 1.69 bits per heavy atom. The molecule has 0 fully saturated rings. The van der Waals surface area contributed by atoms with E-state index in [4.69, 9.17) is 4.74 Å². The molecule has 0 bridgehead atoms. The third-order valence-corrected chi connectivity index (χ3v) is 6.48. The first-order valence-electron chi connectivity index (χ1n) is 9.63. The normalized spacial score (nSPS) is 12.3. The first-order valence-corrected chi connectivity index (χ1v) is 11.1. The number of hydrogen-bond donors (Lipinski definition) is 1. The van der Waals surface area contributed by atoms with Crippen molar-refractivity contribution < 1.29 is 17.9 Å². The van der Waals surface area contributed by atoms with Crippen LogP contribution in [0.3, 0.4) is 0 Å². The van der Waals surface area contributed by atoms with Gasteiger partial charge >= 0.3 is 0 Å². The third-order valence-electron chi connectivity index (χ3n) is 4.69. The number of carbonyl (C=O) groups is 1. The lowest BCUT2D eigenvalue weighted by atomic mass is 10.1. The van der Waals surface area contributed by atoms with Gasteiger partial charge < -0.3 is 10.1 Å². The molecule has 1 amide bonds. The number of amides is 1. The molecule has 0 heterocycles. The first kappa shape index (κ1) is 22.7. The minimum atomic E-state index is -4.04. The number of carbonyl (C=O) groups excluding carboxylic acids is 1. The zero-order chi connectivity index (χ0) is 21.8. The molecule has 0 aromatic heterocycles. The molecule has 158 valence electrons. The van der Waals surface area contributed by atoms with Crippen molar-refractivity contribution in [1.29, 1.82) is 0 Å². The van der Waals surface area contributed by atoms with Gasteiger partial charge in [-0.25, -0.2) is 8.42 Å². The van der Waals surface area contributed by atoms with Gasteiger partial charge in [0.15, 0.2) is 0 Å². The molecule has 0 saturated heterocycles. The standard InChI is InChI=1S/C22H30N2O4S/c1-7-18(5)23-22(25)14-24(19-11-16(3)10-17(4)12-19)29(26,27)21-13-15(2)8-9-20(21)28-6/h8-13,18H,7,14H2,1-6H3,(H,23,25)/t18-/m0/s1.